The molecule has 11 nitrogen and oxygen atoms in total. The highest BCUT2D eigenvalue weighted by molar-refractivity contribution is 5.95. The van der Waals surface area contributed by atoms with E-state index in [0.717, 1.165) is 11.1 Å². The molecule has 11 heteroatoms. The normalized spacial score (nSPS) is 19.5. The molecule has 2 aromatic rings. The number of carbonyl (C=O) groups is 5. The SMILES string of the molecule is CN[C@@H](Cc1ccc(OC(C)=O)cc1)C(=O)N1CCC[C@H]1C(=O)N(C)[C@@H](Cc1ccccc1)C(=O)N1CCC[C@@H]1C(N)=O. The van der Waals surface area contributed by atoms with Crippen LogP contribution >= 0.6 is 0 Å². The number of nitrogens with zero attached hydrogens (tertiary/aromatic N) is 3. The molecule has 2 aromatic carbocycles. The molecule has 2 fully saturated rings. The molecule has 0 aromatic heterocycles. The maximum Gasteiger partial charge on any atom is 0.308 e. The van der Waals surface area contributed by atoms with Crippen molar-refractivity contribution in [2.75, 3.05) is 27.2 Å². The number of amides is 4. The van der Waals surface area contributed by atoms with E-state index in [2.05, 4.69) is 5.32 Å². The van der Waals surface area contributed by atoms with Crippen molar-refractivity contribution in [2.24, 2.45) is 5.73 Å². The molecule has 43 heavy (non-hydrogen) atoms. The van der Waals surface area contributed by atoms with E-state index in [1.54, 1.807) is 43.3 Å². The first-order valence-corrected chi connectivity index (χ1v) is 14.8. The van der Waals surface area contributed by atoms with Crippen LogP contribution in [0.5, 0.6) is 5.75 Å². The topological polar surface area (TPSA) is 142 Å². The molecule has 2 saturated heterocycles. The van der Waals surface area contributed by atoms with E-state index in [1.807, 2.05) is 30.3 Å². The van der Waals surface area contributed by atoms with Crippen LogP contribution < -0.4 is 15.8 Å². The van der Waals surface area contributed by atoms with Crippen molar-refractivity contribution >= 4 is 29.6 Å². The van der Waals surface area contributed by atoms with Gasteiger partial charge in [0.05, 0.1) is 6.04 Å². The molecular formula is C32H41N5O6. The minimum atomic E-state index is -0.858. The Kier molecular flexibility index (Phi) is 10.5. The summed E-state index contributed by atoms with van der Waals surface area (Å²) in [5.74, 6) is -1.36. The van der Waals surface area contributed by atoms with Crippen molar-refractivity contribution in [3.63, 3.8) is 0 Å². The third kappa shape index (κ3) is 7.59. The van der Waals surface area contributed by atoms with Gasteiger partial charge in [-0.1, -0.05) is 42.5 Å². The number of nitrogens with two attached hydrogens (primary N) is 1. The average molecular weight is 592 g/mol. The standard InChI is InChI=1S/C32H41N5O6/c1-21(38)43-24-15-13-23(14-16-24)19-25(34-2)30(40)37-18-8-12-27(37)31(41)35(3)28(20-22-9-5-4-6-10-22)32(42)36-17-7-11-26(36)29(33)39/h4-6,9-10,13-16,25-28,34H,7-8,11-12,17-20H2,1-3H3,(H2,33,39)/t25-,26+,27-,28-/m0/s1. The van der Waals surface area contributed by atoms with E-state index < -0.39 is 36.0 Å². The van der Waals surface area contributed by atoms with Gasteiger partial charge in [-0.25, -0.2) is 0 Å². The van der Waals surface area contributed by atoms with Crippen LogP contribution in [0.3, 0.4) is 0 Å². The second kappa shape index (κ2) is 14.3. The zero-order valence-corrected chi connectivity index (χ0v) is 25.0. The third-order valence-corrected chi connectivity index (χ3v) is 8.33. The summed E-state index contributed by atoms with van der Waals surface area (Å²) in [7, 11) is 3.30. The zero-order valence-electron chi connectivity index (χ0n) is 25.0. The fourth-order valence-electron chi connectivity index (χ4n) is 6.03. The largest absolute Gasteiger partial charge is 0.427 e. The minimum absolute atomic E-state index is 0.199. The van der Waals surface area contributed by atoms with E-state index >= 15 is 0 Å². The van der Waals surface area contributed by atoms with Crippen LogP contribution in [0.1, 0.15) is 43.7 Å². The van der Waals surface area contributed by atoms with Gasteiger partial charge in [-0.15, -0.1) is 0 Å². The number of primary amides is 1. The molecule has 0 unspecified atom stereocenters. The molecule has 4 atom stereocenters. The molecule has 0 radical (unpaired) electrons. The molecule has 0 aliphatic carbocycles. The minimum Gasteiger partial charge on any atom is -0.427 e. The van der Waals surface area contributed by atoms with Gasteiger partial charge in [0.25, 0.3) is 0 Å². The molecule has 0 saturated carbocycles. The maximum absolute atomic E-state index is 14.0. The van der Waals surface area contributed by atoms with E-state index in [9.17, 15) is 24.0 Å². The number of rotatable bonds is 11. The molecule has 4 rings (SSSR count). The van der Waals surface area contributed by atoms with Crippen molar-refractivity contribution < 1.29 is 28.7 Å². The second-order valence-electron chi connectivity index (χ2n) is 11.2. The molecular weight excluding hydrogens is 550 g/mol. The lowest BCUT2D eigenvalue weighted by molar-refractivity contribution is -0.151. The Bertz CT molecular complexity index is 1320. The second-order valence-corrected chi connectivity index (χ2v) is 11.2. The highest BCUT2D eigenvalue weighted by atomic mass is 16.5. The van der Waals surface area contributed by atoms with Crippen LogP contribution in [0.25, 0.3) is 0 Å². The van der Waals surface area contributed by atoms with Gasteiger partial charge in [0.2, 0.25) is 23.6 Å². The first-order valence-electron chi connectivity index (χ1n) is 14.8. The van der Waals surface area contributed by atoms with Crippen LogP contribution in [0.4, 0.5) is 0 Å². The number of likely N-dealkylation sites (N-methyl/N-ethyl adjacent to an activating group) is 2. The Morgan fingerprint density at radius 2 is 1.47 bits per heavy atom. The lowest BCUT2D eigenvalue weighted by atomic mass is 10.0. The maximum atomic E-state index is 14.0. The number of benzene rings is 2. The summed E-state index contributed by atoms with van der Waals surface area (Å²) >= 11 is 0. The van der Waals surface area contributed by atoms with Crippen LogP contribution in [0.15, 0.2) is 54.6 Å². The van der Waals surface area contributed by atoms with E-state index in [0.29, 0.717) is 50.9 Å². The predicted molar refractivity (Wildman–Crippen MR) is 160 cm³/mol. The van der Waals surface area contributed by atoms with Crippen molar-refractivity contribution in [3.05, 3.63) is 65.7 Å². The van der Waals surface area contributed by atoms with E-state index in [1.165, 1.54) is 16.7 Å². The number of likely N-dealkylation sites (tertiary alicyclic amines) is 2. The summed E-state index contributed by atoms with van der Waals surface area (Å²) in [5.41, 5.74) is 7.35. The number of ether oxygens (including phenoxy) is 1. The van der Waals surface area contributed by atoms with Crippen molar-refractivity contribution in [1.29, 1.82) is 0 Å². The first-order chi connectivity index (χ1) is 20.6. The van der Waals surface area contributed by atoms with Crippen molar-refractivity contribution in [3.8, 4) is 5.75 Å². The number of nitrogens with one attached hydrogen (secondary N) is 1. The van der Waals surface area contributed by atoms with Gasteiger partial charge in [-0.2, -0.15) is 0 Å². The van der Waals surface area contributed by atoms with E-state index in [-0.39, 0.29) is 24.1 Å². The summed E-state index contributed by atoms with van der Waals surface area (Å²) in [6.07, 6.45) is 2.96. The van der Waals surface area contributed by atoms with Gasteiger partial charge in [-0.05, 0) is 62.4 Å². The van der Waals surface area contributed by atoms with Crippen LogP contribution in [-0.4, -0.2) is 95.6 Å². The van der Waals surface area contributed by atoms with Crippen LogP contribution in [0.2, 0.25) is 0 Å². The van der Waals surface area contributed by atoms with Crippen molar-refractivity contribution in [1.82, 2.24) is 20.0 Å². The Labute approximate surface area is 252 Å². The smallest absolute Gasteiger partial charge is 0.308 e. The molecule has 2 aliphatic heterocycles. The number of hydrogen-bond donors (Lipinski definition) is 2. The summed E-state index contributed by atoms with van der Waals surface area (Å²) in [6.45, 7) is 2.16. The van der Waals surface area contributed by atoms with Crippen molar-refractivity contribution in [2.45, 2.75) is 69.6 Å². The molecule has 2 heterocycles. The van der Waals surface area contributed by atoms with Crippen LogP contribution in [-0.2, 0) is 36.8 Å². The molecule has 230 valence electrons. The van der Waals surface area contributed by atoms with Gasteiger partial charge in [0, 0.05) is 33.5 Å². The van der Waals surface area contributed by atoms with Gasteiger partial charge in [0.1, 0.15) is 23.9 Å². The highest BCUT2D eigenvalue weighted by Gasteiger charge is 2.43. The molecule has 3 N–H and O–H groups in total. The Morgan fingerprint density at radius 3 is 2.05 bits per heavy atom. The summed E-state index contributed by atoms with van der Waals surface area (Å²) in [6, 6.07) is 13.5. The Morgan fingerprint density at radius 1 is 0.884 bits per heavy atom. The summed E-state index contributed by atoms with van der Waals surface area (Å²) in [5, 5.41) is 3.08. The summed E-state index contributed by atoms with van der Waals surface area (Å²) < 4.78 is 5.09. The van der Waals surface area contributed by atoms with Gasteiger partial charge >= 0.3 is 5.97 Å². The molecule has 0 bridgehead atoms. The van der Waals surface area contributed by atoms with Crippen LogP contribution in [0, 0.1) is 0 Å². The number of carbonyl (C=O) groups excluding carboxylic acids is 5. The van der Waals surface area contributed by atoms with Gasteiger partial charge < -0.3 is 30.5 Å². The highest BCUT2D eigenvalue weighted by Crippen LogP contribution is 2.25. The predicted octanol–water partition coefficient (Wildman–Crippen LogP) is 1.28. The number of hydrogen-bond acceptors (Lipinski definition) is 7. The zero-order chi connectivity index (χ0) is 31.1. The fraction of sp³-hybridized carbons (Fsp3) is 0.469. The summed E-state index contributed by atoms with van der Waals surface area (Å²) in [4.78, 5) is 69.5. The quantitative estimate of drug-likeness (QED) is 0.296. The average Bonchev–Trinajstić information content (AvgIpc) is 3.69. The Balaban J connectivity index is 1.51. The lowest BCUT2D eigenvalue weighted by Crippen LogP contribution is -2.58. The lowest BCUT2D eigenvalue weighted by Gasteiger charge is -2.36. The van der Waals surface area contributed by atoms with Gasteiger partial charge in [-0.3, -0.25) is 24.0 Å². The monoisotopic (exact) mass is 591 g/mol. The van der Waals surface area contributed by atoms with Gasteiger partial charge in [0.15, 0.2) is 0 Å². The van der Waals surface area contributed by atoms with E-state index in [4.69, 9.17) is 10.5 Å². The molecule has 4 amide bonds. The molecule has 0 spiro atoms. The third-order valence-electron chi connectivity index (χ3n) is 8.33. The fourth-order valence-corrected chi connectivity index (χ4v) is 6.03. The molecule has 2 aliphatic rings. The Hall–Kier alpha value is -4.25. The number of esters is 1. The first kappa shape index (κ1) is 31.7.